The Morgan fingerprint density at radius 1 is 1.27 bits per heavy atom. The van der Waals surface area contributed by atoms with Gasteiger partial charge < -0.3 is 4.74 Å². The van der Waals surface area contributed by atoms with Crippen molar-refractivity contribution < 1.29 is 18.8 Å². The molecule has 1 aromatic heterocycles. The standard InChI is InChI=1S/C21H19FN4O4/c1-5-13-7-6-8-14(9-13)25(20(27)30-21(2,3)4)19-15-10-18(26(28)29)16(22)11-17(15)23-12-24-19/h5-12H,1H2,2-4H3. The maximum atomic E-state index is 14.1. The first kappa shape index (κ1) is 20.8. The van der Waals surface area contributed by atoms with Crippen molar-refractivity contribution >= 4 is 40.3 Å². The summed E-state index contributed by atoms with van der Waals surface area (Å²) >= 11 is 0. The van der Waals surface area contributed by atoms with E-state index in [2.05, 4.69) is 16.5 Å². The molecule has 3 rings (SSSR count). The van der Waals surface area contributed by atoms with E-state index in [0.29, 0.717) is 5.69 Å². The van der Waals surface area contributed by atoms with Gasteiger partial charge in [-0.15, -0.1) is 0 Å². The van der Waals surface area contributed by atoms with Crippen LogP contribution in [0, 0.1) is 15.9 Å². The number of halogens is 1. The maximum absolute atomic E-state index is 14.1. The number of carbonyl (C=O) groups is 1. The maximum Gasteiger partial charge on any atom is 0.420 e. The third-order valence-electron chi connectivity index (χ3n) is 4.03. The molecule has 0 fully saturated rings. The Bertz CT molecular complexity index is 1160. The molecule has 0 bridgehead atoms. The van der Waals surface area contributed by atoms with Gasteiger partial charge in [0, 0.05) is 12.1 Å². The second-order valence-electron chi connectivity index (χ2n) is 7.39. The lowest BCUT2D eigenvalue weighted by Gasteiger charge is -2.27. The molecule has 9 heteroatoms. The van der Waals surface area contributed by atoms with Crippen LogP contribution in [0.1, 0.15) is 26.3 Å². The van der Waals surface area contributed by atoms with E-state index in [9.17, 15) is 19.3 Å². The minimum atomic E-state index is -1.03. The lowest BCUT2D eigenvalue weighted by atomic mass is 10.1. The first-order valence-corrected chi connectivity index (χ1v) is 8.95. The van der Waals surface area contributed by atoms with E-state index in [1.807, 2.05) is 0 Å². The Hall–Kier alpha value is -3.88. The van der Waals surface area contributed by atoms with Gasteiger partial charge in [-0.3, -0.25) is 10.1 Å². The van der Waals surface area contributed by atoms with Crippen molar-refractivity contribution in [3.05, 3.63) is 70.8 Å². The van der Waals surface area contributed by atoms with Gasteiger partial charge in [0.1, 0.15) is 11.9 Å². The lowest BCUT2D eigenvalue weighted by molar-refractivity contribution is -0.387. The number of benzene rings is 2. The summed E-state index contributed by atoms with van der Waals surface area (Å²) in [6.45, 7) is 8.85. The van der Waals surface area contributed by atoms with Crippen LogP contribution in [0.15, 0.2) is 49.3 Å². The van der Waals surface area contributed by atoms with Crippen molar-refractivity contribution in [1.29, 1.82) is 0 Å². The summed E-state index contributed by atoms with van der Waals surface area (Å²) in [5.41, 5.74) is -0.323. The summed E-state index contributed by atoms with van der Waals surface area (Å²) in [6.07, 6.45) is 2.00. The zero-order valence-corrected chi connectivity index (χ0v) is 16.6. The summed E-state index contributed by atoms with van der Waals surface area (Å²) in [5, 5.41) is 11.4. The molecule has 0 aliphatic heterocycles. The van der Waals surface area contributed by atoms with E-state index in [4.69, 9.17) is 4.74 Å². The van der Waals surface area contributed by atoms with Crippen LogP contribution in [-0.2, 0) is 4.74 Å². The Morgan fingerprint density at radius 3 is 2.63 bits per heavy atom. The molecule has 8 nitrogen and oxygen atoms in total. The number of aromatic nitrogens is 2. The van der Waals surface area contributed by atoms with Crippen LogP contribution in [0.4, 0.5) is 26.4 Å². The zero-order chi connectivity index (χ0) is 22.1. The molecule has 0 saturated heterocycles. The molecule has 3 aromatic rings. The van der Waals surface area contributed by atoms with Crippen molar-refractivity contribution in [2.75, 3.05) is 4.90 Å². The monoisotopic (exact) mass is 410 g/mol. The number of anilines is 2. The molecule has 0 N–H and O–H groups in total. The summed E-state index contributed by atoms with van der Waals surface area (Å²) in [7, 11) is 0. The molecule has 0 unspecified atom stereocenters. The summed E-state index contributed by atoms with van der Waals surface area (Å²) in [6, 6.07) is 8.80. The number of fused-ring (bicyclic) bond motifs is 1. The minimum Gasteiger partial charge on any atom is -0.443 e. The molecule has 0 atom stereocenters. The van der Waals surface area contributed by atoms with Crippen LogP contribution in [0.3, 0.4) is 0 Å². The van der Waals surface area contributed by atoms with Crippen LogP contribution in [0.5, 0.6) is 0 Å². The van der Waals surface area contributed by atoms with E-state index in [1.54, 1.807) is 51.1 Å². The number of nitrogens with zero attached hydrogens (tertiary/aromatic N) is 4. The van der Waals surface area contributed by atoms with Crippen molar-refractivity contribution in [2.45, 2.75) is 26.4 Å². The van der Waals surface area contributed by atoms with Crippen LogP contribution in [0.2, 0.25) is 0 Å². The molecular formula is C21H19FN4O4. The predicted molar refractivity (Wildman–Crippen MR) is 111 cm³/mol. The largest absolute Gasteiger partial charge is 0.443 e. The third-order valence-corrected chi connectivity index (χ3v) is 4.03. The fourth-order valence-electron chi connectivity index (χ4n) is 2.78. The molecule has 0 radical (unpaired) electrons. The fourth-order valence-corrected chi connectivity index (χ4v) is 2.78. The smallest absolute Gasteiger partial charge is 0.420 e. The summed E-state index contributed by atoms with van der Waals surface area (Å²) in [5.74, 6) is -1.01. The highest BCUT2D eigenvalue weighted by Gasteiger charge is 2.29. The average Bonchev–Trinajstić information content (AvgIpc) is 2.66. The third kappa shape index (κ3) is 4.24. The first-order valence-electron chi connectivity index (χ1n) is 8.95. The van der Waals surface area contributed by atoms with E-state index in [0.717, 1.165) is 24.0 Å². The first-order chi connectivity index (χ1) is 14.1. The van der Waals surface area contributed by atoms with Gasteiger partial charge in [0.15, 0.2) is 5.82 Å². The number of rotatable bonds is 4. The highest BCUT2D eigenvalue weighted by atomic mass is 19.1. The van der Waals surface area contributed by atoms with Crippen molar-refractivity contribution in [2.24, 2.45) is 0 Å². The van der Waals surface area contributed by atoms with Crippen LogP contribution >= 0.6 is 0 Å². The van der Waals surface area contributed by atoms with Crippen LogP contribution < -0.4 is 4.90 Å². The fraction of sp³-hybridized carbons (Fsp3) is 0.190. The Morgan fingerprint density at radius 2 is 2.00 bits per heavy atom. The second-order valence-corrected chi connectivity index (χ2v) is 7.39. The van der Waals surface area contributed by atoms with Gasteiger partial charge in [-0.05, 0) is 38.5 Å². The molecular weight excluding hydrogens is 391 g/mol. The summed E-state index contributed by atoms with van der Waals surface area (Å²) in [4.78, 5) is 32.8. The van der Waals surface area contributed by atoms with Crippen molar-refractivity contribution in [3.63, 3.8) is 0 Å². The second kappa shape index (κ2) is 7.86. The molecule has 0 spiro atoms. The highest BCUT2D eigenvalue weighted by Crippen LogP contribution is 2.34. The van der Waals surface area contributed by atoms with E-state index in [-0.39, 0.29) is 16.7 Å². The highest BCUT2D eigenvalue weighted by molar-refractivity contribution is 6.04. The number of nitro benzene ring substituents is 1. The molecule has 1 amide bonds. The van der Waals surface area contributed by atoms with E-state index in [1.165, 1.54) is 4.90 Å². The molecule has 0 aliphatic carbocycles. The van der Waals surface area contributed by atoms with Crippen molar-refractivity contribution in [3.8, 4) is 0 Å². The Kier molecular flexibility index (Phi) is 5.46. The van der Waals surface area contributed by atoms with Gasteiger partial charge in [0.25, 0.3) is 0 Å². The number of nitro groups is 1. The predicted octanol–water partition coefficient (Wildman–Crippen LogP) is 5.39. The van der Waals surface area contributed by atoms with Crippen molar-refractivity contribution in [1.82, 2.24) is 9.97 Å². The molecule has 1 heterocycles. The topological polar surface area (TPSA) is 98.5 Å². The number of hydrogen-bond donors (Lipinski definition) is 0. The van der Waals surface area contributed by atoms with Gasteiger partial charge in [-0.25, -0.2) is 19.7 Å². The van der Waals surface area contributed by atoms with Gasteiger partial charge in [0.2, 0.25) is 5.82 Å². The van der Waals surface area contributed by atoms with Gasteiger partial charge >= 0.3 is 11.8 Å². The molecule has 30 heavy (non-hydrogen) atoms. The lowest BCUT2D eigenvalue weighted by Crippen LogP contribution is -2.34. The van der Waals surface area contributed by atoms with Gasteiger partial charge in [0.05, 0.1) is 21.5 Å². The number of carbonyl (C=O) groups excluding carboxylic acids is 1. The van der Waals surface area contributed by atoms with E-state index >= 15 is 0 Å². The number of hydrogen-bond acceptors (Lipinski definition) is 6. The SMILES string of the molecule is C=Cc1cccc(N(C(=O)OC(C)(C)C)c2ncnc3cc(F)c([N+](=O)[O-])cc23)c1. The summed E-state index contributed by atoms with van der Waals surface area (Å²) < 4.78 is 19.6. The molecule has 0 saturated carbocycles. The Labute approximate surface area is 171 Å². The van der Waals surface area contributed by atoms with Crippen LogP contribution in [-0.4, -0.2) is 26.6 Å². The normalized spacial score (nSPS) is 11.2. The zero-order valence-electron chi connectivity index (χ0n) is 16.6. The number of amides is 1. The molecule has 154 valence electrons. The van der Waals surface area contributed by atoms with E-state index < -0.39 is 28.1 Å². The minimum absolute atomic E-state index is 0.0264. The number of ether oxygens (including phenoxy) is 1. The molecule has 2 aromatic carbocycles. The van der Waals surface area contributed by atoms with Gasteiger partial charge in [-0.1, -0.05) is 24.8 Å². The molecule has 0 aliphatic rings. The quantitative estimate of drug-likeness (QED) is 0.422. The average molecular weight is 410 g/mol. The Balaban J connectivity index is 2.28. The van der Waals surface area contributed by atoms with Gasteiger partial charge in [-0.2, -0.15) is 4.39 Å². The van der Waals surface area contributed by atoms with Crippen LogP contribution in [0.25, 0.3) is 17.0 Å².